The summed E-state index contributed by atoms with van der Waals surface area (Å²) in [6, 6.07) is 2.80. The fourth-order valence-corrected chi connectivity index (χ4v) is 1.71. The van der Waals surface area contributed by atoms with Gasteiger partial charge in [-0.05, 0) is 15.9 Å². The summed E-state index contributed by atoms with van der Waals surface area (Å²) in [6.45, 7) is 0. The Balaban J connectivity index is 3.26. The molecule has 1 unspecified atom stereocenters. The van der Waals surface area contributed by atoms with Gasteiger partial charge >= 0.3 is 5.97 Å². The molecule has 1 rings (SSSR count). The minimum atomic E-state index is -1.28. The lowest BCUT2D eigenvalue weighted by molar-refractivity contribution is -0.385. The van der Waals surface area contributed by atoms with E-state index in [1.165, 1.54) is 18.2 Å². The zero-order valence-corrected chi connectivity index (χ0v) is 8.97. The number of rotatable bonds is 3. The van der Waals surface area contributed by atoms with Crippen LogP contribution in [0.2, 0.25) is 0 Å². The van der Waals surface area contributed by atoms with Gasteiger partial charge < -0.3 is 10.8 Å². The number of carboxylic acid groups (broad SMARTS) is 1. The Morgan fingerprint density at radius 3 is 2.67 bits per heavy atom. The van der Waals surface area contributed by atoms with Crippen molar-refractivity contribution in [3.05, 3.63) is 38.3 Å². The van der Waals surface area contributed by atoms with Crippen LogP contribution in [-0.4, -0.2) is 16.0 Å². The van der Waals surface area contributed by atoms with Gasteiger partial charge in [-0.3, -0.25) is 14.9 Å². The summed E-state index contributed by atoms with van der Waals surface area (Å²) < 4.78 is 0.102. The fourth-order valence-electron chi connectivity index (χ4n) is 1.05. The molecule has 0 aliphatic rings. The van der Waals surface area contributed by atoms with Crippen LogP contribution in [0.15, 0.2) is 22.7 Å². The second-order valence-corrected chi connectivity index (χ2v) is 3.55. The number of nitrogens with two attached hydrogens (primary N) is 1. The largest absolute Gasteiger partial charge is 0.480 e. The van der Waals surface area contributed by atoms with E-state index in [1.54, 1.807) is 0 Å². The highest BCUT2D eigenvalue weighted by Crippen LogP contribution is 2.31. The van der Waals surface area contributed by atoms with Crippen LogP contribution in [0, 0.1) is 10.1 Å². The van der Waals surface area contributed by atoms with E-state index in [0.717, 1.165) is 0 Å². The number of carbonyl (C=O) groups is 1. The molecule has 0 aliphatic heterocycles. The van der Waals surface area contributed by atoms with Gasteiger partial charge in [0.2, 0.25) is 0 Å². The maximum absolute atomic E-state index is 10.6. The number of aliphatic carboxylic acids is 1. The minimum absolute atomic E-state index is 0.102. The molecule has 80 valence electrons. The van der Waals surface area contributed by atoms with Gasteiger partial charge in [-0.1, -0.05) is 12.1 Å². The lowest BCUT2D eigenvalue weighted by Crippen LogP contribution is -2.21. The zero-order chi connectivity index (χ0) is 11.6. The second-order valence-electron chi connectivity index (χ2n) is 2.75. The molecular formula is C8H7BrN2O4. The zero-order valence-electron chi connectivity index (χ0n) is 7.38. The summed E-state index contributed by atoms with van der Waals surface area (Å²) in [5.41, 5.74) is 5.33. The van der Waals surface area contributed by atoms with Crippen molar-refractivity contribution in [2.24, 2.45) is 5.73 Å². The van der Waals surface area contributed by atoms with Crippen LogP contribution in [0.4, 0.5) is 5.69 Å². The van der Waals surface area contributed by atoms with Crippen molar-refractivity contribution in [1.29, 1.82) is 0 Å². The molecule has 0 radical (unpaired) electrons. The third kappa shape index (κ3) is 2.31. The molecule has 0 saturated heterocycles. The van der Waals surface area contributed by atoms with E-state index in [1.807, 2.05) is 0 Å². The smallest absolute Gasteiger partial charge is 0.325 e. The first-order valence-corrected chi connectivity index (χ1v) is 4.65. The summed E-state index contributed by atoms with van der Waals surface area (Å²) in [5, 5.41) is 19.2. The van der Waals surface area contributed by atoms with Crippen molar-refractivity contribution >= 4 is 27.6 Å². The molecule has 3 N–H and O–H groups in total. The summed E-state index contributed by atoms with van der Waals surface area (Å²) in [7, 11) is 0. The normalized spacial score (nSPS) is 12.1. The van der Waals surface area contributed by atoms with Crippen molar-refractivity contribution in [3.8, 4) is 0 Å². The summed E-state index contributed by atoms with van der Waals surface area (Å²) in [6.07, 6.45) is 0. The van der Waals surface area contributed by atoms with Gasteiger partial charge in [0.05, 0.1) is 4.92 Å². The summed E-state index contributed by atoms with van der Waals surface area (Å²) >= 11 is 2.97. The molecule has 15 heavy (non-hydrogen) atoms. The topological polar surface area (TPSA) is 106 Å². The quantitative estimate of drug-likeness (QED) is 0.641. The van der Waals surface area contributed by atoms with Gasteiger partial charge in [0.1, 0.15) is 10.5 Å². The first kappa shape index (κ1) is 11.6. The Labute approximate surface area is 93.0 Å². The predicted molar refractivity (Wildman–Crippen MR) is 55.4 cm³/mol. The number of benzene rings is 1. The molecule has 1 aromatic rings. The average molecular weight is 275 g/mol. The van der Waals surface area contributed by atoms with Crippen molar-refractivity contribution < 1.29 is 14.8 Å². The third-order valence-electron chi connectivity index (χ3n) is 1.81. The molecule has 1 aromatic carbocycles. The van der Waals surface area contributed by atoms with E-state index in [9.17, 15) is 14.9 Å². The molecule has 0 fully saturated rings. The van der Waals surface area contributed by atoms with Gasteiger partial charge in [0.25, 0.3) is 5.69 Å². The van der Waals surface area contributed by atoms with Crippen molar-refractivity contribution in [1.82, 2.24) is 0 Å². The average Bonchev–Trinajstić information content (AvgIpc) is 2.16. The number of hydrogen-bond acceptors (Lipinski definition) is 4. The summed E-state index contributed by atoms with van der Waals surface area (Å²) in [5.74, 6) is -1.24. The Morgan fingerprint density at radius 2 is 2.20 bits per heavy atom. The van der Waals surface area contributed by atoms with Crippen molar-refractivity contribution in [3.63, 3.8) is 0 Å². The van der Waals surface area contributed by atoms with E-state index < -0.39 is 16.9 Å². The Kier molecular flexibility index (Phi) is 3.38. The monoisotopic (exact) mass is 274 g/mol. The first-order valence-electron chi connectivity index (χ1n) is 3.86. The number of carboxylic acids is 1. The standard InChI is InChI=1S/C8H7BrN2O4/c9-6-4(7(10)8(12)13)2-1-3-5(6)11(14)15/h1-3,7H,10H2,(H,12,13). The molecule has 0 bridgehead atoms. The Hall–Kier alpha value is -1.47. The number of nitro groups is 1. The van der Waals surface area contributed by atoms with Crippen molar-refractivity contribution in [2.75, 3.05) is 0 Å². The molecule has 7 heteroatoms. The first-order chi connectivity index (χ1) is 6.95. The third-order valence-corrected chi connectivity index (χ3v) is 2.67. The highest BCUT2D eigenvalue weighted by atomic mass is 79.9. The van der Waals surface area contributed by atoms with Gasteiger partial charge in [0.15, 0.2) is 0 Å². The fraction of sp³-hybridized carbons (Fsp3) is 0.125. The van der Waals surface area contributed by atoms with E-state index >= 15 is 0 Å². The SMILES string of the molecule is NC(C(=O)O)c1cccc([N+](=O)[O-])c1Br. The molecule has 0 aromatic heterocycles. The molecule has 0 saturated carbocycles. The van der Waals surface area contributed by atoms with Crippen LogP contribution in [-0.2, 0) is 4.79 Å². The van der Waals surface area contributed by atoms with Gasteiger partial charge in [0, 0.05) is 11.6 Å². The van der Waals surface area contributed by atoms with Crippen LogP contribution in [0.1, 0.15) is 11.6 Å². The summed E-state index contributed by atoms with van der Waals surface area (Å²) in [4.78, 5) is 20.6. The lowest BCUT2D eigenvalue weighted by atomic mass is 10.1. The van der Waals surface area contributed by atoms with Crippen LogP contribution < -0.4 is 5.73 Å². The minimum Gasteiger partial charge on any atom is -0.480 e. The molecule has 0 heterocycles. The van der Waals surface area contributed by atoms with Gasteiger partial charge in [-0.15, -0.1) is 0 Å². The highest BCUT2D eigenvalue weighted by Gasteiger charge is 2.22. The van der Waals surface area contributed by atoms with Crippen LogP contribution in [0.25, 0.3) is 0 Å². The van der Waals surface area contributed by atoms with Gasteiger partial charge in [-0.25, -0.2) is 0 Å². The maximum atomic E-state index is 10.6. The maximum Gasteiger partial charge on any atom is 0.325 e. The number of nitrogens with zero attached hydrogens (tertiary/aromatic N) is 1. The Bertz CT molecular complexity index is 421. The predicted octanol–water partition coefficient (Wildman–Crippen LogP) is 1.44. The highest BCUT2D eigenvalue weighted by molar-refractivity contribution is 9.10. The van der Waals surface area contributed by atoms with Crippen LogP contribution in [0.5, 0.6) is 0 Å². The molecule has 0 spiro atoms. The van der Waals surface area contributed by atoms with E-state index in [0.29, 0.717) is 0 Å². The van der Waals surface area contributed by atoms with Crippen molar-refractivity contribution in [2.45, 2.75) is 6.04 Å². The molecule has 0 amide bonds. The molecule has 1 atom stereocenters. The van der Waals surface area contributed by atoms with Crippen LogP contribution in [0.3, 0.4) is 0 Å². The van der Waals surface area contributed by atoms with E-state index in [-0.39, 0.29) is 15.7 Å². The van der Waals surface area contributed by atoms with Gasteiger partial charge in [-0.2, -0.15) is 0 Å². The van der Waals surface area contributed by atoms with E-state index in [4.69, 9.17) is 10.8 Å². The van der Waals surface area contributed by atoms with E-state index in [2.05, 4.69) is 15.9 Å². The lowest BCUT2D eigenvalue weighted by Gasteiger charge is -2.08. The number of hydrogen-bond donors (Lipinski definition) is 2. The Morgan fingerprint density at radius 1 is 1.60 bits per heavy atom. The second kappa shape index (κ2) is 4.37. The van der Waals surface area contributed by atoms with Crippen LogP contribution >= 0.6 is 15.9 Å². The molecule has 0 aliphatic carbocycles. The molecular weight excluding hydrogens is 268 g/mol. The number of nitro benzene ring substituents is 1. The molecule has 6 nitrogen and oxygen atoms in total. The number of halogens is 1.